The van der Waals surface area contributed by atoms with Crippen LogP contribution < -0.4 is 10.1 Å². The topological polar surface area (TPSA) is 75.6 Å². The van der Waals surface area contributed by atoms with Crippen LogP contribution in [-0.2, 0) is 15.1 Å². The number of fused-ring (bicyclic) bond motifs is 1. The minimum atomic E-state index is -1.03. The van der Waals surface area contributed by atoms with E-state index in [0.29, 0.717) is 17.1 Å². The van der Waals surface area contributed by atoms with Gasteiger partial charge in [-0.15, -0.1) is 11.8 Å². The number of methoxy groups -OCH3 is 1. The van der Waals surface area contributed by atoms with Gasteiger partial charge < -0.3 is 15.2 Å². The number of hydrogen-bond donors (Lipinski definition) is 2. The van der Waals surface area contributed by atoms with Crippen molar-refractivity contribution in [2.75, 3.05) is 12.9 Å². The lowest BCUT2D eigenvalue weighted by atomic mass is 9.87. The number of aliphatic carboxylic acids is 1. The molecule has 2 aromatic rings. The molecule has 136 valence electrons. The summed E-state index contributed by atoms with van der Waals surface area (Å²) in [5.74, 6) is -0.136. The Labute approximate surface area is 156 Å². The first-order valence-electron chi connectivity index (χ1n) is 8.33. The Morgan fingerprint density at radius 3 is 2.77 bits per heavy atom. The van der Waals surface area contributed by atoms with E-state index in [2.05, 4.69) is 5.32 Å². The molecule has 1 heterocycles. The van der Waals surface area contributed by atoms with E-state index in [1.54, 1.807) is 44.0 Å². The molecule has 5 nitrogen and oxygen atoms in total. The summed E-state index contributed by atoms with van der Waals surface area (Å²) in [5.41, 5.74) is 0.671. The number of amides is 1. The maximum absolute atomic E-state index is 13.0. The molecule has 0 saturated heterocycles. The van der Waals surface area contributed by atoms with Crippen molar-refractivity contribution in [2.24, 2.45) is 0 Å². The van der Waals surface area contributed by atoms with Crippen molar-refractivity contribution in [1.82, 2.24) is 5.32 Å². The Morgan fingerprint density at radius 1 is 1.27 bits per heavy atom. The Hall–Kier alpha value is -2.47. The molecular weight excluding hydrogens is 350 g/mol. The summed E-state index contributed by atoms with van der Waals surface area (Å²) in [5, 5.41) is 12.4. The molecule has 0 bridgehead atoms. The van der Waals surface area contributed by atoms with Crippen LogP contribution in [0.15, 0.2) is 53.4 Å². The Morgan fingerprint density at radius 2 is 2.04 bits per heavy atom. The highest BCUT2D eigenvalue weighted by atomic mass is 32.2. The van der Waals surface area contributed by atoms with Crippen LogP contribution in [0.1, 0.15) is 30.4 Å². The number of rotatable bonds is 6. The summed E-state index contributed by atoms with van der Waals surface area (Å²) >= 11 is 1.65. The van der Waals surface area contributed by atoms with Crippen molar-refractivity contribution < 1.29 is 19.4 Å². The van der Waals surface area contributed by atoms with Gasteiger partial charge in [0.15, 0.2) is 0 Å². The third-order valence-corrected chi connectivity index (χ3v) is 5.81. The second-order valence-electron chi connectivity index (χ2n) is 6.53. The van der Waals surface area contributed by atoms with Gasteiger partial charge in [-0.2, -0.15) is 0 Å². The molecule has 6 heteroatoms. The van der Waals surface area contributed by atoms with Crippen molar-refractivity contribution in [3.05, 3.63) is 59.7 Å². The van der Waals surface area contributed by atoms with Gasteiger partial charge >= 0.3 is 5.97 Å². The molecule has 0 aromatic heterocycles. The second kappa shape index (κ2) is 7.41. The molecule has 1 amide bonds. The Kier molecular flexibility index (Phi) is 5.23. The van der Waals surface area contributed by atoms with Gasteiger partial charge in [0.1, 0.15) is 5.75 Å². The zero-order valence-corrected chi connectivity index (χ0v) is 15.5. The largest absolute Gasteiger partial charge is 0.497 e. The molecule has 0 saturated carbocycles. The van der Waals surface area contributed by atoms with Crippen molar-refractivity contribution in [3.8, 4) is 5.75 Å². The van der Waals surface area contributed by atoms with E-state index in [4.69, 9.17) is 4.74 Å². The molecule has 0 aliphatic carbocycles. The highest BCUT2D eigenvalue weighted by molar-refractivity contribution is 7.99. The molecule has 0 fully saturated rings. The number of ether oxygens (including phenoxy) is 1. The molecular formula is C20H21NO4S. The van der Waals surface area contributed by atoms with Crippen molar-refractivity contribution in [3.63, 3.8) is 0 Å². The van der Waals surface area contributed by atoms with Crippen molar-refractivity contribution in [1.29, 1.82) is 0 Å². The van der Waals surface area contributed by atoms with Gasteiger partial charge in [0.2, 0.25) is 5.91 Å². The number of carbonyl (C=O) groups excluding carboxylic acids is 1. The third kappa shape index (κ3) is 3.70. The van der Waals surface area contributed by atoms with Crippen LogP contribution in [-0.4, -0.2) is 29.8 Å². The standard InChI is InChI=1S/C20H21NO4S/c1-20(11-18(22)23,13-6-5-7-14(10-13)25-2)21-19(24)16-12-26-17-9-4-3-8-15(16)17/h3-10,16H,11-12H2,1-2H3,(H,21,24)(H,22,23). The van der Waals surface area contributed by atoms with Crippen LogP contribution in [0.5, 0.6) is 5.75 Å². The van der Waals surface area contributed by atoms with Crippen molar-refractivity contribution in [2.45, 2.75) is 29.7 Å². The maximum atomic E-state index is 13.0. The Bertz CT molecular complexity index is 838. The van der Waals surface area contributed by atoms with Gasteiger partial charge in [-0.05, 0) is 36.2 Å². The smallest absolute Gasteiger partial charge is 0.306 e. The summed E-state index contributed by atoms with van der Waals surface area (Å²) < 4.78 is 5.24. The molecule has 1 aliphatic rings. The Balaban J connectivity index is 1.89. The molecule has 2 atom stereocenters. The van der Waals surface area contributed by atoms with E-state index in [1.165, 1.54) is 0 Å². The highest BCUT2D eigenvalue weighted by Crippen LogP contribution is 2.40. The first-order chi connectivity index (χ1) is 12.4. The molecule has 2 N–H and O–H groups in total. The van der Waals surface area contributed by atoms with Gasteiger partial charge in [-0.3, -0.25) is 9.59 Å². The second-order valence-corrected chi connectivity index (χ2v) is 7.59. The number of thioether (sulfide) groups is 1. The average Bonchev–Trinajstić information content (AvgIpc) is 3.05. The SMILES string of the molecule is COc1cccc(C(C)(CC(=O)O)NC(=O)C2CSc3ccccc32)c1. The average molecular weight is 371 g/mol. The molecule has 26 heavy (non-hydrogen) atoms. The normalized spacial score (nSPS) is 17.8. The summed E-state index contributed by atoms with van der Waals surface area (Å²) in [6.45, 7) is 1.74. The molecule has 1 aliphatic heterocycles. The third-order valence-electron chi connectivity index (χ3n) is 4.63. The maximum Gasteiger partial charge on any atom is 0.306 e. The highest BCUT2D eigenvalue weighted by Gasteiger charge is 2.36. The van der Waals surface area contributed by atoms with E-state index in [1.807, 2.05) is 30.3 Å². The fourth-order valence-corrected chi connectivity index (χ4v) is 4.45. The number of carboxylic acid groups (broad SMARTS) is 1. The monoisotopic (exact) mass is 371 g/mol. The molecule has 0 radical (unpaired) electrons. The van der Waals surface area contributed by atoms with Crippen LogP contribution >= 0.6 is 11.8 Å². The lowest BCUT2D eigenvalue weighted by molar-refractivity contribution is -0.139. The molecule has 2 aromatic carbocycles. The summed E-state index contributed by atoms with van der Waals surface area (Å²) in [7, 11) is 1.55. The van der Waals surface area contributed by atoms with E-state index in [9.17, 15) is 14.7 Å². The molecule has 3 rings (SSSR count). The quantitative estimate of drug-likeness (QED) is 0.814. The number of nitrogens with one attached hydrogen (secondary N) is 1. The molecule has 2 unspecified atom stereocenters. The fourth-order valence-electron chi connectivity index (χ4n) is 3.23. The van der Waals surface area contributed by atoms with Gasteiger partial charge in [0.25, 0.3) is 0 Å². The fraction of sp³-hybridized carbons (Fsp3) is 0.300. The molecule has 0 spiro atoms. The minimum absolute atomic E-state index is 0.158. The summed E-state index contributed by atoms with van der Waals surface area (Å²) in [6.07, 6.45) is -0.215. The van der Waals surface area contributed by atoms with Crippen LogP contribution in [0.3, 0.4) is 0 Å². The first-order valence-corrected chi connectivity index (χ1v) is 9.31. The van der Waals surface area contributed by atoms with Crippen LogP contribution in [0, 0.1) is 0 Å². The lowest BCUT2D eigenvalue weighted by Gasteiger charge is -2.31. The predicted octanol–water partition coefficient (Wildman–Crippen LogP) is 3.39. The van der Waals surface area contributed by atoms with Crippen LogP contribution in [0.25, 0.3) is 0 Å². The number of carboxylic acids is 1. The summed E-state index contributed by atoms with van der Waals surface area (Å²) in [4.78, 5) is 25.5. The van der Waals surface area contributed by atoms with E-state index in [-0.39, 0.29) is 18.2 Å². The number of hydrogen-bond acceptors (Lipinski definition) is 4. The summed E-state index contributed by atoms with van der Waals surface area (Å²) in [6, 6.07) is 15.0. The number of carbonyl (C=O) groups is 2. The van der Waals surface area contributed by atoms with Crippen LogP contribution in [0.4, 0.5) is 0 Å². The van der Waals surface area contributed by atoms with E-state index in [0.717, 1.165) is 10.5 Å². The first kappa shape index (κ1) is 18.3. The zero-order valence-electron chi connectivity index (χ0n) is 14.7. The zero-order chi connectivity index (χ0) is 18.7. The van der Waals surface area contributed by atoms with E-state index >= 15 is 0 Å². The van der Waals surface area contributed by atoms with Gasteiger partial charge in [0.05, 0.1) is 25.0 Å². The predicted molar refractivity (Wildman–Crippen MR) is 101 cm³/mol. The van der Waals surface area contributed by atoms with E-state index < -0.39 is 11.5 Å². The van der Waals surface area contributed by atoms with Gasteiger partial charge in [-0.25, -0.2) is 0 Å². The van der Waals surface area contributed by atoms with Crippen LogP contribution in [0.2, 0.25) is 0 Å². The van der Waals surface area contributed by atoms with Crippen molar-refractivity contribution >= 4 is 23.6 Å². The van der Waals surface area contributed by atoms with Gasteiger partial charge in [0, 0.05) is 10.6 Å². The van der Waals surface area contributed by atoms with Gasteiger partial charge in [-0.1, -0.05) is 30.3 Å². The number of benzene rings is 2. The minimum Gasteiger partial charge on any atom is -0.497 e. The lowest BCUT2D eigenvalue weighted by Crippen LogP contribution is -2.47.